The third-order valence-corrected chi connectivity index (χ3v) is 2.71. The van der Waals surface area contributed by atoms with E-state index in [-0.39, 0.29) is 0 Å². The van der Waals surface area contributed by atoms with Crippen molar-refractivity contribution in [1.29, 1.82) is 0 Å². The molecule has 0 saturated carbocycles. The zero-order valence-corrected chi connectivity index (χ0v) is 10.4. The molecule has 0 saturated heterocycles. The van der Waals surface area contributed by atoms with E-state index in [0.717, 1.165) is 18.7 Å². The molecule has 3 nitrogen and oxygen atoms in total. The maximum Gasteiger partial charge on any atom is 0.142 e. The number of ether oxygens (including phenoxy) is 1. The first-order chi connectivity index (χ1) is 7.61. The minimum Gasteiger partial charge on any atom is -0.491 e. The summed E-state index contributed by atoms with van der Waals surface area (Å²) in [5, 5.41) is 0. The predicted molar refractivity (Wildman–Crippen MR) is 68.7 cm³/mol. The molecule has 16 heavy (non-hydrogen) atoms. The van der Waals surface area contributed by atoms with Gasteiger partial charge in [-0.3, -0.25) is 0 Å². The molecule has 1 aromatic rings. The van der Waals surface area contributed by atoms with Gasteiger partial charge in [0.05, 0.1) is 12.3 Å². The van der Waals surface area contributed by atoms with Crippen LogP contribution in [0.4, 0.5) is 5.69 Å². The number of hydrogen-bond acceptors (Lipinski definition) is 3. The number of benzene rings is 1. The van der Waals surface area contributed by atoms with Gasteiger partial charge in [-0.2, -0.15) is 0 Å². The molecule has 0 aliphatic carbocycles. The van der Waals surface area contributed by atoms with Gasteiger partial charge in [0.1, 0.15) is 5.75 Å². The number of nitrogens with zero attached hydrogens (tertiary/aromatic N) is 1. The summed E-state index contributed by atoms with van der Waals surface area (Å²) >= 11 is 0. The summed E-state index contributed by atoms with van der Waals surface area (Å²) in [4.78, 5) is 2.30. The van der Waals surface area contributed by atoms with E-state index in [4.69, 9.17) is 10.5 Å². The fourth-order valence-electron chi connectivity index (χ4n) is 1.37. The van der Waals surface area contributed by atoms with Crippen LogP contribution in [0.3, 0.4) is 0 Å². The van der Waals surface area contributed by atoms with E-state index in [1.807, 2.05) is 24.3 Å². The molecule has 2 N–H and O–H groups in total. The molecule has 0 aromatic heterocycles. The predicted octanol–water partition coefficient (Wildman–Crippen LogP) is 2.38. The normalized spacial score (nSPS) is 11.1. The molecule has 1 rings (SSSR count). The lowest BCUT2D eigenvalue weighted by Gasteiger charge is -2.20. The lowest BCUT2D eigenvalue weighted by molar-refractivity contribution is 0.234. The van der Waals surface area contributed by atoms with Gasteiger partial charge < -0.3 is 15.4 Å². The van der Waals surface area contributed by atoms with E-state index in [0.29, 0.717) is 18.3 Å². The molecule has 1 aromatic carbocycles. The van der Waals surface area contributed by atoms with Gasteiger partial charge in [-0.05, 0) is 39.4 Å². The lowest BCUT2D eigenvalue weighted by atomic mass is 10.3. The van der Waals surface area contributed by atoms with Crippen LogP contribution in [0, 0.1) is 0 Å². The molecule has 0 atom stereocenters. The molecule has 0 amide bonds. The summed E-state index contributed by atoms with van der Waals surface area (Å²) in [5.74, 6) is 0.787. The van der Waals surface area contributed by atoms with Gasteiger partial charge in [0.2, 0.25) is 0 Å². The fourth-order valence-corrected chi connectivity index (χ4v) is 1.37. The summed E-state index contributed by atoms with van der Waals surface area (Å²) in [7, 11) is 2.13. The average molecular weight is 222 g/mol. The summed E-state index contributed by atoms with van der Waals surface area (Å²) in [5.41, 5.74) is 6.48. The van der Waals surface area contributed by atoms with Gasteiger partial charge in [-0.15, -0.1) is 0 Å². The molecule has 3 heteroatoms. The van der Waals surface area contributed by atoms with Gasteiger partial charge in [0.25, 0.3) is 0 Å². The second-order valence-corrected chi connectivity index (χ2v) is 4.31. The Labute approximate surface area is 98.2 Å². The van der Waals surface area contributed by atoms with Crippen LogP contribution in [-0.4, -0.2) is 31.1 Å². The molecule has 0 heterocycles. The molecule has 0 radical (unpaired) electrons. The molecule has 90 valence electrons. The largest absolute Gasteiger partial charge is 0.491 e. The summed E-state index contributed by atoms with van der Waals surface area (Å²) in [6.45, 7) is 6.14. The van der Waals surface area contributed by atoms with Crippen LogP contribution >= 0.6 is 0 Å². The molecular weight excluding hydrogens is 200 g/mol. The van der Waals surface area contributed by atoms with Gasteiger partial charge in [-0.25, -0.2) is 0 Å². The van der Waals surface area contributed by atoms with Crippen LogP contribution in [0.15, 0.2) is 24.3 Å². The fraction of sp³-hybridized carbons (Fsp3) is 0.538. The van der Waals surface area contributed by atoms with Gasteiger partial charge >= 0.3 is 0 Å². The minimum atomic E-state index is 0.585. The van der Waals surface area contributed by atoms with Crippen LogP contribution in [0.5, 0.6) is 5.75 Å². The van der Waals surface area contributed by atoms with Crippen molar-refractivity contribution in [3.8, 4) is 5.75 Å². The number of anilines is 1. The third-order valence-electron chi connectivity index (χ3n) is 2.71. The maximum absolute atomic E-state index is 5.78. The van der Waals surface area contributed by atoms with Crippen molar-refractivity contribution in [2.75, 3.05) is 25.9 Å². The third kappa shape index (κ3) is 4.11. The second-order valence-electron chi connectivity index (χ2n) is 4.31. The SMILES string of the molecule is CC(C)N(C)CCCOc1ccccc1N. The second kappa shape index (κ2) is 6.38. The topological polar surface area (TPSA) is 38.5 Å². The van der Waals surface area contributed by atoms with Crippen molar-refractivity contribution in [3.05, 3.63) is 24.3 Å². The summed E-state index contributed by atoms with van der Waals surface area (Å²) < 4.78 is 5.62. The number of hydrogen-bond donors (Lipinski definition) is 1. The zero-order valence-electron chi connectivity index (χ0n) is 10.4. The van der Waals surface area contributed by atoms with E-state index in [1.165, 1.54) is 0 Å². The van der Waals surface area contributed by atoms with Crippen molar-refractivity contribution >= 4 is 5.69 Å². The van der Waals surface area contributed by atoms with Crippen LogP contribution in [0.2, 0.25) is 0 Å². The van der Waals surface area contributed by atoms with Crippen molar-refractivity contribution in [2.45, 2.75) is 26.3 Å². The van der Waals surface area contributed by atoms with E-state index >= 15 is 0 Å². The highest BCUT2D eigenvalue weighted by molar-refractivity contribution is 5.51. The average Bonchev–Trinajstić information content (AvgIpc) is 2.26. The van der Waals surface area contributed by atoms with Crippen molar-refractivity contribution in [3.63, 3.8) is 0 Å². The van der Waals surface area contributed by atoms with E-state index in [1.54, 1.807) is 0 Å². The molecule has 0 fully saturated rings. The Balaban J connectivity index is 2.24. The number of nitrogen functional groups attached to an aromatic ring is 1. The highest BCUT2D eigenvalue weighted by atomic mass is 16.5. The Morgan fingerprint density at radius 3 is 2.62 bits per heavy atom. The van der Waals surface area contributed by atoms with Crippen molar-refractivity contribution in [1.82, 2.24) is 4.90 Å². The lowest BCUT2D eigenvalue weighted by Crippen LogP contribution is -2.28. The molecule has 0 unspecified atom stereocenters. The van der Waals surface area contributed by atoms with Crippen molar-refractivity contribution in [2.24, 2.45) is 0 Å². The number of rotatable bonds is 6. The molecule has 0 aliphatic rings. The van der Waals surface area contributed by atoms with E-state index in [2.05, 4.69) is 25.8 Å². The first-order valence-corrected chi connectivity index (χ1v) is 5.79. The zero-order chi connectivity index (χ0) is 12.0. The molecule has 0 aliphatic heterocycles. The number of nitrogens with two attached hydrogens (primary N) is 1. The highest BCUT2D eigenvalue weighted by Crippen LogP contribution is 2.19. The summed E-state index contributed by atoms with van der Waals surface area (Å²) in [6.07, 6.45) is 1.02. The smallest absolute Gasteiger partial charge is 0.142 e. The van der Waals surface area contributed by atoms with Crippen molar-refractivity contribution < 1.29 is 4.74 Å². The van der Waals surface area contributed by atoms with E-state index in [9.17, 15) is 0 Å². The van der Waals surface area contributed by atoms with E-state index < -0.39 is 0 Å². The Kier molecular flexibility index (Phi) is 5.12. The van der Waals surface area contributed by atoms with Crippen LogP contribution in [0.25, 0.3) is 0 Å². The van der Waals surface area contributed by atoms with Gasteiger partial charge in [-0.1, -0.05) is 12.1 Å². The Bertz CT molecular complexity index is 313. The summed E-state index contributed by atoms with van der Waals surface area (Å²) in [6, 6.07) is 8.19. The maximum atomic E-state index is 5.78. The van der Waals surface area contributed by atoms with Crippen LogP contribution in [-0.2, 0) is 0 Å². The van der Waals surface area contributed by atoms with Crippen LogP contribution in [0.1, 0.15) is 20.3 Å². The van der Waals surface area contributed by atoms with Gasteiger partial charge in [0.15, 0.2) is 0 Å². The Morgan fingerprint density at radius 2 is 2.00 bits per heavy atom. The van der Waals surface area contributed by atoms with Crippen LogP contribution < -0.4 is 10.5 Å². The number of para-hydroxylation sites is 2. The van der Waals surface area contributed by atoms with Gasteiger partial charge in [0, 0.05) is 12.6 Å². The molecule has 0 bridgehead atoms. The quantitative estimate of drug-likeness (QED) is 0.593. The standard InChI is InChI=1S/C13H22N2O/c1-11(2)15(3)9-6-10-16-13-8-5-4-7-12(13)14/h4-5,7-8,11H,6,9-10,14H2,1-3H3. The highest BCUT2D eigenvalue weighted by Gasteiger charge is 2.03. The Hall–Kier alpha value is -1.22. The first-order valence-electron chi connectivity index (χ1n) is 5.79. The first kappa shape index (κ1) is 12.8. The molecule has 0 spiro atoms. The monoisotopic (exact) mass is 222 g/mol. The minimum absolute atomic E-state index is 0.585. The Morgan fingerprint density at radius 1 is 1.31 bits per heavy atom. The molecular formula is C13H22N2O.